The van der Waals surface area contributed by atoms with Crippen LogP contribution in [0.25, 0.3) is 5.65 Å². The molecule has 0 saturated carbocycles. The summed E-state index contributed by atoms with van der Waals surface area (Å²) >= 11 is 0. The first kappa shape index (κ1) is 20.1. The molecule has 1 aliphatic heterocycles. The van der Waals surface area contributed by atoms with Crippen LogP contribution in [0.4, 0.5) is 10.1 Å². The van der Waals surface area contributed by atoms with E-state index >= 15 is 0 Å². The van der Waals surface area contributed by atoms with Crippen LogP contribution in [-0.2, 0) is 13.0 Å². The van der Waals surface area contributed by atoms with Crippen molar-refractivity contribution < 1.29 is 9.18 Å². The minimum absolute atomic E-state index is 0.146. The number of aromatic amines is 1. The molecule has 0 unspecified atom stereocenters. The number of hydrogen-bond donors (Lipinski definition) is 2. The van der Waals surface area contributed by atoms with E-state index in [1.807, 2.05) is 24.1 Å². The normalized spacial score (nSPS) is 15.0. The minimum atomic E-state index is -0.384. The molecule has 1 aliphatic rings. The molecular formula is C21H25FN6O2. The third kappa shape index (κ3) is 3.93. The summed E-state index contributed by atoms with van der Waals surface area (Å²) in [5, 5.41) is 6.87. The first-order valence-electron chi connectivity index (χ1n) is 10.1. The molecule has 2 aromatic heterocycles. The number of fused-ring (bicyclic) bond motifs is 1. The van der Waals surface area contributed by atoms with Crippen molar-refractivity contribution in [3.63, 3.8) is 0 Å². The zero-order chi connectivity index (χ0) is 21.3. The standard InChI is InChI=1S/C21H25FN6O2/c1-3-17-21(30)24-19-10-14(13-28(19)25-17)12-26-6-8-27(9-7-26)18-5-4-15(11-16(18)22)20(29)23-2/h4-5,10-11,13H,3,6-9,12H2,1-2H3,(H,23,29)(H,24,30). The van der Waals surface area contributed by atoms with E-state index in [-0.39, 0.29) is 17.3 Å². The fourth-order valence-electron chi connectivity index (χ4n) is 3.82. The molecule has 30 heavy (non-hydrogen) atoms. The number of rotatable bonds is 5. The zero-order valence-corrected chi connectivity index (χ0v) is 17.1. The predicted molar refractivity (Wildman–Crippen MR) is 112 cm³/mol. The Hall–Kier alpha value is -3.20. The Morgan fingerprint density at radius 3 is 2.67 bits per heavy atom. The maximum absolute atomic E-state index is 14.5. The van der Waals surface area contributed by atoms with Crippen LogP contribution in [0.15, 0.2) is 35.3 Å². The zero-order valence-electron chi connectivity index (χ0n) is 17.1. The average molecular weight is 412 g/mol. The summed E-state index contributed by atoms with van der Waals surface area (Å²) in [5.41, 5.74) is 2.96. The lowest BCUT2D eigenvalue weighted by Gasteiger charge is -2.36. The number of amides is 1. The number of aryl methyl sites for hydroxylation is 1. The van der Waals surface area contributed by atoms with Gasteiger partial charge < -0.3 is 15.2 Å². The third-order valence-electron chi connectivity index (χ3n) is 5.48. The molecule has 3 heterocycles. The molecule has 1 fully saturated rings. The number of piperazine rings is 1. The Bertz CT molecular complexity index is 1130. The van der Waals surface area contributed by atoms with Crippen molar-refractivity contribution in [3.8, 4) is 0 Å². The molecule has 158 valence electrons. The Balaban J connectivity index is 1.41. The monoisotopic (exact) mass is 412 g/mol. The molecule has 1 amide bonds. The fraction of sp³-hybridized carbons (Fsp3) is 0.381. The SMILES string of the molecule is CCc1nn2cc(CN3CCN(c4ccc(C(=O)NC)cc4F)CC3)cc2[nH]c1=O. The second kappa shape index (κ2) is 8.27. The van der Waals surface area contributed by atoms with Crippen LogP contribution < -0.4 is 15.8 Å². The third-order valence-corrected chi connectivity index (χ3v) is 5.48. The second-order valence-electron chi connectivity index (χ2n) is 7.44. The number of halogens is 1. The van der Waals surface area contributed by atoms with Crippen LogP contribution >= 0.6 is 0 Å². The highest BCUT2D eigenvalue weighted by Crippen LogP contribution is 2.22. The van der Waals surface area contributed by atoms with Crippen LogP contribution in [0, 0.1) is 5.82 Å². The van der Waals surface area contributed by atoms with E-state index in [2.05, 4.69) is 20.3 Å². The van der Waals surface area contributed by atoms with E-state index in [4.69, 9.17) is 0 Å². The van der Waals surface area contributed by atoms with E-state index in [9.17, 15) is 14.0 Å². The Morgan fingerprint density at radius 2 is 2.00 bits per heavy atom. The van der Waals surface area contributed by atoms with Gasteiger partial charge in [0.15, 0.2) is 0 Å². The van der Waals surface area contributed by atoms with Crippen molar-refractivity contribution in [3.05, 3.63) is 63.5 Å². The van der Waals surface area contributed by atoms with Gasteiger partial charge in [-0.1, -0.05) is 6.92 Å². The molecule has 3 aromatic rings. The molecule has 0 spiro atoms. The van der Waals surface area contributed by atoms with Gasteiger partial charge in [-0.3, -0.25) is 14.5 Å². The number of H-pyrrole nitrogens is 1. The molecule has 8 nitrogen and oxygen atoms in total. The summed E-state index contributed by atoms with van der Waals surface area (Å²) in [5.74, 6) is -0.683. The summed E-state index contributed by atoms with van der Waals surface area (Å²) in [6, 6.07) is 6.54. The Kier molecular flexibility index (Phi) is 5.54. The average Bonchev–Trinajstić information content (AvgIpc) is 3.14. The van der Waals surface area contributed by atoms with Crippen molar-refractivity contribution in [1.29, 1.82) is 0 Å². The lowest BCUT2D eigenvalue weighted by atomic mass is 10.1. The van der Waals surface area contributed by atoms with Crippen molar-refractivity contribution in [2.45, 2.75) is 19.9 Å². The lowest BCUT2D eigenvalue weighted by molar-refractivity contribution is 0.0962. The molecule has 9 heteroatoms. The van der Waals surface area contributed by atoms with Crippen LogP contribution in [0.5, 0.6) is 0 Å². The van der Waals surface area contributed by atoms with Gasteiger partial charge in [0.25, 0.3) is 11.5 Å². The van der Waals surface area contributed by atoms with Crippen molar-refractivity contribution in [1.82, 2.24) is 24.8 Å². The fourth-order valence-corrected chi connectivity index (χ4v) is 3.82. The highest BCUT2D eigenvalue weighted by Gasteiger charge is 2.21. The molecular weight excluding hydrogens is 387 g/mol. The topological polar surface area (TPSA) is 85.7 Å². The van der Waals surface area contributed by atoms with Crippen molar-refractivity contribution in [2.75, 3.05) is 38.1 Å². The van der Waals surface area contributed by atoms with E-state index < -0.39 is 0 Å². The number of nitrogens with zero attached hydrogens (tertiary/aromatic N) is 4. The van der Waals surface area contributed by atoms with Crippen molar-refractivity contribution in [2.24, 2.45) is 0 Å². The first-order valence-corrected chi connectivity index (χ1v) is 10.1. The van der Waals surface area contributed by atoms with Crippen LogP contribution in [0.3, 0.4) is 0 Å². The molecule has 0 aliphatic carbocycles. The number of carbonyl (C=O) groups excluding carboxylic acids is 1. The number of aromatic nitrogens is 3. The largest absolute Gasteiger partial charge is 0.367 e. The maximum Gasteiger partial charge on any atom is 0.273 e. The van der Waals surface area contributed by atoms with E-state index in [0.717, 1.165) is 25.2 Å². The van der Waals surface area contributed by atoms with Gasteiger partial charge in [0, 0.05) is 51.5 Å². The van der Waals surface area contributed by atoms with Crippen LogP contribution in [-0.4, -0.2) is 58.6 Å². The summed E-state index contributed by atoms with van der Waals surface area (Å²) < 4.78 is 16.2. The molecule has 4 rings (SSSR count). The molecule has 0 bridgehead atoms. The van der Waals surface area contributed by atoms with Gasteiger partial charge in [0.2, 0.25) is 0 Å². The van der Waals surface area contributed by atoms with Gasteiger partial charge >= 0.3 is 0 Å². The molecule has 1 aromatic carbocycles. The lowest BCUT2D eigenvalue weighted by Crippen LogP contribution is -2.46. The Morgan fingerprint density at radius 1 is 1.23 bits per heavy atom. The Labute approximate surface area is 173 Å². The maximum atomic E-state index is 14.5. The minimum Gasteiger partial charge on any atom is -0.367 e. The van der Waals surface area contributed by atoms with E-state index in [1.165, 1.54) is 13.1 Å². The van der Waals surface area contributed by atoms with Gasteiger partial charge in [0.1, 0.15) is 17.2 Å². The second-order valence-corrected chi connectivity index (χ2v) is 7.44. The smallest absolute Gasteiger partial charge is 0.273 e. The first-order chi connectivity index (χ1) is 14.5. The molecule has 2 N–H and O–H groups in total. The van der Waals surface area contributed by atoms with Crippen molar-refractivity contribution >= 4 is 17.2 Å². The highest BCUT2D eigenvalue weighted by atomic mass is 19.1. The van der Waals surface area contributed by atoms with Gasteiger partial charge in [-0.2, -0.15) is 5.10 Å². The summed E-state index contributed by atoms with van der Waals surface area (Å²) in [6.07, 6.45) is 2.52. The number of hydrogen-bond acceptors (Lipinski definition) is 5. The van der Waals surface area contributed by atoms with Gasteiger partial charge in [-0.25, -0.2) is 8.91 Å². The number of carbonyl (C=O) groups is 1. The number of benzene rings is 1. The van der Waals surface area contributed by atoms with Crippen LogP contribution in [0.2, 0.25) is 0 Å². The van der Waals surface area contributed by atoms with Gasteiger partial charge in [0.05, 0.1) is 5.69 Å². The summed E-state index contributed by atoms with van der Waals surface area (Å²) in [4.78, 5) is 30.8. The molecule has 1 saturated heterocycles. The van der Waals surface area contributed by atoms with Gasteiger partial charge in [-0.05, 0) is 36.2 Å². The summed E-state index contributed by atoms with van der Waals surface area (Å²) in [7, 11) is 1.53. The number of anilines is 1. The van der Waals surface area contributed by atoms with Gasteiger partial charge in [-0.15, -0.1) is 0 Å². The van der Waals surface area contributed by atoms with E-state index in [0.29, 0.717) is 42.1 Å². The quantitative estimate of drug-likeness (QED) is 0.662. The van der Waals surface area contributed by atoms with E-state index in [1.54, 1.807) is 16.6 Å². The van der Waals surface area contributed by atoms with Crippen LogP contribution in [0.1, 0.15) is 28.5 Å². The number of nitrogens with one attached hydrogen (secondary N) is 2. The molecule has 0 atom stereocenters. The predicted octanol–water partition coefficient (Wildman–Crippen LogP) is 1.41. The summed E-state index contributed by atoms with van der Waals surface area (Å²) in [6.45, 7) is 5.60. The highest BCUT2D eigenvalue weighted by molar-refractivity contribution is 5.94. The molecule has 0 radical (unpaired) electrons.